The summed E-state index contributed by atoms with van der Waals surface area (Å²) < 4.78 is 0. The quantitative estimate of drug-likeness (QED) is 0.426. The van der Waals surface area contributed by atoms with Gasteiger partial charge in [0.2, 0.25) is 0 Å². The fourth-order valence-corrected chi connectivity index (χ4v) is 1.89. The molecule has 0 aromatic heterocycles. The summed E-state index contributed by atoms with van der Waals surface area (Å²) in [6.07, 6.45) is 7.89. The summed E-state index contributed by atoms with van der Waals surface area (Å²) in [7, 11) is 2.39. The van der Waals surface area contributed by atoms with Crippen LogP contribution in [0.3, 0.4) is 0 Å². The van der Waals surface area contributed by atoms with Crippen LogP contribution in [-0.2, 0) is 0 Å². The predicted molar refractivity (Wildman–Crippen MR) is 62.9 cm³/mol. The lowest BCUT2D eigenvalue weighted by atomic mass is 9.51. The van der Waals surface area contributed by atoms with Crippen molar-refractivity contribution in [3.05, 3.63) is 11.6 Å². The van der Waals surface area contributed by atoms with Gasteiger partial charge < -0.3 is 0 Å². The first-order valence-corrected chi connectivity index (χ1v) is 5.55. The van der Waals surface area contributed by atoms with Gasteiger partial charge in [0.05, 0.1) is 0 Å². The van der Waals surface area contributed by atoms with E-state index in [1.54, 1.807) is 5.57 Å². The first-order chi connectivity index (χ1) is 5.86. The molecule has 0 nitrogen and oxygen atoms in total. The smallest absolute Gasteiger partial charge is 0.0855 e. The molecule has 0 aliphatic heterocycles. The largest absolute Gasteiger partial charge is 0.115 e. The van der Waals surface area contributed by atoms with E-state index in [1.165, 1.54) is 25.7 Å². The normalized spacial score (nSPS) is 23.5. The summed E-state index contributed by atoms with van der Waals surface area (Å²) in [5.74, 6) is 0. The van der Waals surface area contributed by atoms with Crippen LogP contribution in [0.15, 0.2) is 11.6 Å². The van der Waals surface area contributed by atoms with E-state index in [-0.39, 0.29) is 0 Å². The van der Waals surface area contributed by atoms with Crippen molar-refractivity contribution in [3.63, 3.8) is 0 Å². The van der Waals surface area contributed by atoms with Crippen molar-refractivity contribution in [3.8, 4) is 0 Å². The molecule has 1 heteroatoms. The minimum atomic E-state index is 0.368. The Bertz CT molecular complexity index is 206. The molecule has 0 spiro atoms. The van der Waals surface area contributed by atoms with Crippen molar-refractivity contribution in [2.24, 2.45) is 5.41 Å². The Balaban J connectivity index is 2.85. The second-order valence-corrected chi connectivity index (χ2v) is 5.85. The monoisotopic (exact) mass is 178 g/mol. The maximum Gasteiger partial charge on any atom is 0.115 e. The molecule has 1 aliphatic rings. The van der Waals surface area contributed by atoms with Gasteiger partial charge in [0.25, 0.3) is 0 Å². The lowest BCUT2D eigenvalue weighted by Gasteiger charge is -2.42. The zero-order chi connectivity index (χ0) is 10.1. The highest BCUT2D eigenvalue weighted by atomic mass is 14.4. The highest BCUT2D eigenvalue weighted by Crippen LogP contribution is 2.50. The summed E-state index contributed by atoms with van der Waals surface area (Å²) >= 11 is 0. The Morgan fingerprint density at radius 1 is 1.15 bits per heavy atom. The predicted octanol–water partition coefficient (Wildman–Crippen LogP) is 3.34. The molecule has 13 heavy (non-hydrogen) atoms. The van der Waals surface area contributed by atoms with Crippen molar-refractivity contribution in [1.29, 1.82) is 0 Å². The Labute approximate surface area is 84.2 Å². The SMILES string of the molecule is BC(C)(C1=CCCCC1)C(C)(C)C. The van der Waals surface area contributed by atoms with Crippen LogP contribution in [0.1, 0.15) is 53.4 Å². The van der Waals surface area contributed by atoms with Crippen LogP contribution in [0, 0.1) is 5.41 Å². The first-order valence-electron chi connectivity index (χ1n) is 5.55. The second-order valence-electron chi connectivity index (χ2n) is 5.85. The van der Waals surface area contributed by atoms with Crippen molar-refractivity contribution in [2.75, 3.05) is 0 Å². The zero-order valence-electron chi connectivity index (χ0n) is 9.91. The van der Waals surface area contributed by atoms with Crippen LogP contribution in [-0.4, -0.2) is 7.85 Å². The van der Waals surface area contributed by atoms with Gasteiger partial charge >= 0.3 is 0 Å². The number of hydrogen-bond donors (Lipinski definition) is 0. The van der Waals surface area contributed by atoms with Crippen LogP contribution in [0.5, 0.6) is 0 Å². The van der Waals surface area contributed by atoms with Crippen molar-refractivity contribution >= 4 is 7.85 Å². The molecule has 0 bridgehead atoms. The van der Waals surface area contributed by atoms with Gasteiger partial charge in [0, 0.05) is 0 Å². The Morgan fingerprint density at radius 3 is 2.15 bits per heavy atom. The molecule has 0 aromatic carbocycles. The molecular formula is C12H23B. The molecular weight excluding hydrogens is 155 g/mol. The number of allylic oxidation sites excluding steroid dienone is 2. The molecule has 0 radical (unpaired) electrons. The molecule has 1 rings (SSSR count). The van der Waals surface area contributed by atoms with E-state index in [2.05, 4.69) is 41.6 Å². The molecule has 0 saturated heterocycles. The van der Waals surface area contributed by atoms with Gasteiger partial charge in [-0.25, -0.2) is 0 Å². The number of hydrogen-bond acceptors (Lipinski definition) is 0. The molecule has 1 aliphatic carbocycles. The van der Waals surface area contributed by atoms with Crippen molar-refractivity contribution in [1.82, 2.24) is 0 Å². The fourth-order valence-electron chi connectivity index (χ4n) is 1.89. The van der Waals surface area contributed by atoms with E-state index in [0.717, 1.165) is 0 Å². The molecule has 74 valence electrons. The van der Waals surface area contributed by atoms with E-state index in [0.29, 0.717) is 10.7 Å². The standard InChI is InChI=1S/C12H23B/c1-11(2,3)12(4,13)10-8-6-5-7-9-10/h8H,5-7,9,13H2,1-4H3. The zero-order valence-corrected chi connectivity index (χ0v) is 9.91. The van der Waals surface area contributed by atoms with Crippen molar-refractivity contribution in [2.45, 2.75) is 58.7 Å². The Kier molecular flexibility index (Phi) is 2.94. The van der Waals surface area contributed by atoms with Gasteiger partial charge in [0.15, 0.2) is 0 Å². The Morgan fingerprint density at radius 2 is 1.77 bits per heavy atom. The summed E-state index contributed by atoms with van der Waals surface area (Å²) in [6, 6.07) is 0. The van der Waals surface area contributed by atoms with Gasteiger partial charge in [-0.15, -0.1) is 0 Å². The minimum Gasteiger partial charge on any atom is -0.0855 e. The first kappa shape index (κ1) is 10.9. The van der Waals surface area contributed by atoms with Crippen LogP contribution < -0.4 is 0 Å². The molecule has 0 fully saturated rings. The summed E-state index contributed by atoms with van der Waals surface area (Å²) in [5, 5.41) is 0.368. The molecule has 0 amide bonds. The maximum absolute atomic E-state index is 2.48. The third kappa shape index (κ3) is 2.18. The average Bonchev–Trinajstić information content (AvgIpc) is 2.04. The summed E-state index contributed by atoms with van der Waals surface area (Å²) in [4.78, 5) is 0. The topological polar surface area (TPSA) is 0 Å². The third-order valence-electron chi connectivity index (χ3n) is 3.97. The highest BCUT2D eigenvalue weighted by molar-refractivity contribution is 6.17. The fraction of sp³-hybridized carbons (Fsp3) is 0.833. The van der Waals surface area contributed by atoms with E-state index >= 15 is 0 Å². The van der Waals surface area contributed by atoms with E-state index in [4.69, 9.17) is 0 Å². The average molecular weight is 178 g/mol. The van der Waals surface area contributed by atoms with Gasteiger partial charge in [-0.05, 0) is 36.4 Å². The van der Waals surface area contributed by atoms with Crippen LogP contribution in [0.25, 0.3) is 0 Å². The molecule has 0 aromatic rings. The van der Waals surface area contributed by atoms with Gasteiger partial charge in [-0.1, -0.05) is 39.3 Å². The minimum absolute atomic E-state index is 0.368. The number of rotatable bonds is 1. The van der Waals surface area contributed by atoms with Crippen LogP contribution in [0.4, 0.5) is 0 Å². The molecule has 1 unspecified atom stereocenters. The van der Waals surface area contributed by atoms with Crippen LogP contribution >= 0.6 is 0 Å². The lowest BCUT2D eigenvalue weighted by Crippen LogP contribution is -2.29. The van der Waals surface area contributed by atoms with Gasteiger partial charge in [-0.3, -0.25) is 0 Å². The summed E-state index contributed by atoms with van der Waals surface area (Å²) in [5.41, 5.74) is 2.07. The maximum atomic E-state index is 2.48. The highest BCUT2D eigenvalue weighted by Gasteiger charge is 2.35. The van der Waals surface area contributed by atoms with E-state index in [1.807, 2.05) is 0 Å². The van der Waals surface area contributed by atoms with Crippen molar-refractivity contribution < 1.29 is 0 Å². The molecule has 1 atom stereocenters. The molecule has 0 saturated carbocycles. The molecule has 0 N–H and O–H groups in total. The van der Waals surface area contributed by atoms with Crippen LogP contribution in [0.2, 0.25) is 5.31 Å². The summed E-state index contributed by atoms with van der Waals surface area (Å²) in [6.45, 7) is 9.44. The lowest BCUT2D eigenvalue weighted by molar-refractivity contribution is 0.308. The Hall–Kier alpha value is -0.195. The van der Waals surface area contributed by atoms with Gasteiger partial charge in [-0.2, -0.15) is 0 Å². The van der Waals surface area contributed by atoms with E-state index in [9.17, 15) is 0 Å². The van der Waals surface area contributed by atoms with Gasteiger partial charge in [0.1, 0.15) is 7.85 Å². The third-order valence-corrected chi connectivity index (χ3v) is 3.97. The molecule has 0 heterocycles. The second kappa shape index (κ2) is 3.51. The van der Waals surface area contributed by atoms with E-state index < -0.39 is 0 Å².